The van der Waals surface area contributed by atoms with Crippen molar-refractivity contribution in [3.63, 3.8) is 0 Å². The van der Waals surface area contributed by atoms with Crippen molar-refractivity contribution in [2.24, 2.45) is 0 Å². The maximum absolute atomic E-state index is 5.30. The molecule has 9 aromatic carbocycles. The Labute approximate surface area is 342 Å². The van der Waals surface area contributed by atoms with E-state index in [1.807, 2.05) is 11.3 Å². The normalized spacial score (nSPS) is 12.1. The SMILES string of the molecule is c1cc(-n2c3ccccc3c3ccccc32)c2cc3c(cc2c1)c1ccccc1n3-c1ccc(-c2nc(-c3ccc4sc5ccccc5c4c3)c3ccccc3n2)cc1. The minimum Gasteiger partial charge on any atom is -0.309 e. The lowest BCUT2D eigenvalue weighted by Gasteiger charge is -2.14. The van der Waals surface area contributed by atoms with Gasteiger partial charge in [-0.25, -0.2) is 9.97 Å². The van der Waals surface area contributed by atoms with Crippen LogP contribution in [-0.2, 0) is 0 Å². The predicted molar refractivity (Wildman–Crippen MR) is 249 cm³/mol. The van der Waals surface area contributed by atoms with E-state index in [2.05, 4.69) is 203 Å². The summed E-state index contributed by atoms with van der Waals surface area (Å²) < 4.78 is 7.42. The maximum Gasteiger partial charge on any atom is 0.160 e. The van der Waals surface area contributed by atoms with Crippen molar-refractivity contribution >= 4 is 96.8 Å². The summed E-state index contributed by atoms with van der Waals surface area (Å²) in [6, 6.07) is 70.2. The van der Waals surface area contributed by atoms with E-state index in [1.165, 1.54) is 80.2 Å². The Balaban J connectivity index is 0.979. The minimum absolute atomic E-state index is 0.713. The van der Waals surface area contributed by atoms with Gasteiger partial charge >= 0.3 is 0 Å². The van der Waals surface area contributed by atoms with Gasteiger partial charge in [-0.15, -0.1) is 11.3 Å². The van der Waals surface area contributed by atoms with E-state index in [0.717, 1.165) is 33.4 Å². The molecule has 4 aromatic heterocycles. The van der Waals surface area contributed by atoms with Gasteiger partial charge in [0, 0.05) is 69.3 Å². The zero-order chi connectivity index (χ0) is 38.6. The molecule has 59 heavy (non-hydrogen) atoms. The van der Waals surface area contributed by atoms with E-state index in [9.17, 15) is 0 Å². The molecule has 13 aromatic rings. The summed E-state index contributed by atoms with van der Waals surface area (Å²) in [5, 5.41) is 11.0. The molecule has 4 nitrogen and oxygen atoms in total. The molecule has 0 aliphatic rings. The Morgan fingerprint density at radius 1 is 0.356 bits per heavy atom. The molecule has 0 aliphatic heterocycles. The van der Waals surface area contributed by atoms with Crippen molar-refractivity contribution in [3.8, 4) is 34.0 Å². The van der Waals surface area contributed by atoms with Crippen molar-refractivity contribution in [1.29, 1.82) is 0 Å². The molecule has 0 radical (unpaired) electrons. The number of nitrogens with zero attached hydrogens (tertiary/aromatic N) is 4. The molecule has 0 saturated heterocycles. The third-order valence-corrected chi connectivity index (χ3v) is 13.3. The smallest absolute Gasteiger partial charge is 0.160 e. The van der Waals surface area contributed by atoms with Gasteiger partial charge in [-0.3, -0.25) is 0 Å². The van der Waals surface area contributed by atoms with Crippen LogP contribution >= 0.6 is 11.3 Å². The third-order valence-electron chi connectivity index (χ3n) is 12.1. The second kappa shape index (κ2) is 12.4. The molecular weight excluding hydrogens is 737 g/mol. The summed E-state index contributed by atoms with van der Waals surface area (Å²) in [5.74, 6) is 0.713. The lowest BCUT2D eigenvalue weighted by atomic mass is 10.0. The summed E-state index contributed by atoms with van der Waals surface area (Å²) in [7, 11) is 0. The molecule has 274 valence electrons. The standard InChI is InChI=1S/C54H32N4S/c1-6-18-45-41(17-1)53(35-26-29-52-44(31-35)40-16-5-10-23-51(40)59-52)56-54(55-45)33-24-27-36(28-25-33)57-46-19-7-4-15-39(46)43-30-34-12-11-22-49(42(34)32-50(43)57)58-47-20-8-2-13-37(47)38-14-3-9-21-48(38)58/h1-32H. The maximum atomic E-state index is 5.30. The first-order valence-corrected chi connectivity index (χ1v) is 20.8. The highest BCUT2D eigenvalue weighted by molar-refractivity contribution is 7.25. The van der Waals surface area contributed by atoms with Gasteiger partial charge in [0.1, 0.15) is 0 Å². The van der Waals surface area contributed by atoms with Crippen molar-refractivity contribution in [2.45, 2.75) is 0 Å². The molecule has 0 N–H and O–H groups in total. The molecule has 0 fully saturated rings. The Morgan fingerprint density at radius 3 is 1.73 bits per heavy atom. The second-order valence-electron chi connectivity index (χ2n) is 15.4. The van der Waals surface area contributed by atoms with Crippen LogP contribution in [0.4, 0.5) is 0 Å². The number of fused-ring (bicyclic) bond motifs is 11. The fourth-order valence-electron chi connectivity index (χ4n) is 9.44. The number of hydrogen-bond donors (Lipinski definition) is 0. The molecule has 0 unspecified atom stereocenters. The van der Waals surface area contributed by atoms with Gasteiger partial charge in [0.05, 0.1) is 39.0 Å². The Bertz CT molecular complexity index is 3800. The van der Waals surface area contributed by atoms with Crippen LogP contribution in [0.2, 0.25) is 0 Å². The largest absolute Gasteiger partial charge is 0.309 e. The summed E-state index contributed by atoms with van der Waals surface area (Å²) in [4.78, 5) is 10.4. The van der Waals surface area contributed by atoms with Crippen LogP contribution in [0.3, 0.4) is 0 Å². The van der Waals surface area contributed by atoms with E-state index in [-0.39, 0.29) is 0 Å². The van der Waals surface area contributed by atoms with Crippen LogP contribution in [0.25, 0.3) is 119 Å². The predicted octanol–water partition coefficient (Wildman–Crippen LogP) is 14.7. The molecule has 0 spiro atoms. The first-order chi connectivity index (χ1) is 29.2. The van der Waals surface area contributed by atoms with Crippen molar-refractivity contribution in [3.05, 3.63) is 194 Å². The highest BCUT2D eigenvalue weighted by Gasteiger charge is 2.19. The van der Waals surface area contributed by atoms with Crippen LogP contribution in [0.1, 0.15) is 0 Å². The average molecular weight is 769 g/mol. The van der Waals surface area contributed by atoms with E-state index in [0.29, 0.717) is 5.82 Å². The topological polar surface area (TPSA) is 35.6 Å². The van der Waals surface area contributed by atoms with Crippen LogP contribution in [0.5, 0.6) is 0 Å². The zero-order valence-corrected chi connectivity index (χ0v) is 32.5. The highest BCUT2D eigenvalue weighted by atomic mass is 32.1. The Morgan fingerprint density at radius 2 is 0.966 bits per heavy atom. The van der Waals surface area contributed by atoms with Crippen molar-refractivity contribution < 1.29 is 0 Å². The van der Waals surface area contributed by atoms with E-state index >= 15 is 0 Å². The summed E-state index contributed by atoms with van der Waals surface area (Å²) in [6.07, 6.45) is 0. The number of hydrogen-bond acceptors (Lipinski definition) is 3. The molecule has 4 heterocycles. The van der Waals surface area contributed by atoms with Gasteiger partial charge < -0.3 is 9.13 Å². The quantitative estimate of drug-likeness (QED) is 0.179. The van der Waals surface area contributed by atoms with Crippen LogP contribution in [0.15, 0.2) is 194 Å². The van der Waals surface area contributed by atoms with Gasteiger partial charge in [-0.05, 0) is 90.3 Å². The Hall–Kier alpha value is -7.60. The Kier molecular flexibility index (Phi) is 6.85. The monoisotopic (exact) mass is 768 g/mol. The highest BCUT2D eigenvalue weighted by Crippen LogP contribution is 2.41. The second-order valence-corrected chi connectivity index (χ2v) is 16.4. The van der Waals surface area contributed by atoms with Crippen LogP contribution < -0.4 is 0 Å². The van der Waals surface area contributed by atoms with Gasteiger partial charge in [0.15, 0.2) is 5.82 Å². The van der Waals surface area contributed by atoms with Gasteiger partial charge in [0.25, 0.3) is 0 Å². The molecule has 0 saturated carbocycles. The number of benzene rings is 9. The molecule has 5 heteroatoms. The average Bonchev–Trinajstić information content (AvgIpc) is 3.95. The third kappa shape index (κ3) is 4.83. The van der Waals surface area contributed by atoms with Gasteiger partial charge in [-0.1, -0.05) is 109 Å². The fraction of sp³-hybridized carbons (Fsp3) is 0. The molecule has 0 aliphatic carbocycles. The molecule has 0 bridgehead atoms. The summed E-state index contributed by atoms with van der Waals surface area (Å²) in [6.45, 7) is 0. The van der Waals surface area contributed by atoms with Crippen molar-refractivity contribution in [2.75, 3.05) is 0 Å². The van der Waals surface area contributed by atoms with Gasteiger partial charge in [-0.2, -0.15) is 0 Å². The lowest BCUT2D eigenvalue weighted by molar-refractivity contribution is 1.17. The number of rotatable bonds is 4. The molecule has 0 amide bonds. The van der Waals surface area contributed by atoms with E-state index < -0.39 is 0 Å². The first-order valence-electron chi connectivity index (χ1n) is 20.0. The number of para-hydroxylation sites is 4. The first kappa shape index (κ1) is 32.5. The summed E-state index contributed by atoms with van der Waals surface area (Å²) >= 11 is 1.84. The van der Waals surface area contributed by atoms with E-state index in [4.69, 9.17) is 9.97 Å². The lowest BCUT2D eigenvalue weighted by Crippen LogP contribution is -1.98. The minimum atomic E-state index is 0.713. The zero-order valence-electron chi connectivity index (χ0n) is 31.7. The summed E-state index contributed by atoms with van der Waals surface area (Å²) in [5.41, 5.74) is 11.0. The van der Waals surface area contributed by atoms with Gasteiger partial charge in [0.2, 0.25) is 0 Å². The number of aromatic nitrogens is 4. The van der Waals surface area contributed by atoms with Crippen molar-refractivity contribution in [1.82, 2.24) is 19.1 Å². The molecule has 13 rings (SSSR count). The number of thiophene rings is 1. The van der Waals surface area contributed by atoms with Crippen LogP contribution in [-0.4, -0.2) is 19.1 Å². The van der Waals surface area contributed by atoms with E-state index in [1.54, 1.807) is 0 Å². The molecule has 0 atom stereocenters. The molecular formula is C54H32N4S. The fourth-order valence-corrected chi connectivity index (χ4v) is 10.5. The van der Waals surface area contributed by atoms with Crippen LogP contribution in [0, 0.1) is 0 Å².